The van der Waals surface area contributed by atoms with Crippen LogP contribution in [0.1, 0.15) is 51.8 Å². The lowest BCUT2D eigenvalue weighted by molar-refractivity contribution is -0.137. The first-order valence-electron chi connectivity index (χ1n) is 11.6. The number of hydrogen-bond acceptors (Lipinski definition) is 4. The molecule has 1 aliphatic rings. The van der Waals surface area contributed by atoms with Gasteiger partial charge < -0.3 is 14.5 Å². The number of rotatable bonds is 6. The first-order chi connectivity index (χ1) is 17.1. The van der Waals surface area contributed by atoms with Gasteiger partial charge in [-0.3, -0.25) is 9.59 Å². The molecule has 36 heavy (non-hydrogen) atoms. The molecule has 0 fully saturated rings. The number of hydrogen-bond donors (Lipinski definition) is 0. The Balaban J connectivity index is 1.62. The molecule has 0 spiro atoms. The van der Waals surface area contributed by atoms with Crippen molar-refractivity contribution in [1.29, 1.82) is 0 Å². The highest BCUT2D eigenvalue weighted by atomic mass is 32.1. The highest BCUT2D eigenvalue weighted by Gasteiger charge is 2.35. The Kier molecular flexibility index (Phi) is 7.40. The molecule has 0 N–H and O–H groups in total. The minimum absolute atomic E-state index is 0.100. The fraction of sp³-hybridized carbons (Fsp3) is 0.333. The molecule has 1 atom stereocenters. The number of methoxy groups -OCH3 is 1. The Morgan fingerprint density at radius 2 is 1.86 bits per heavy atom. The number of benzene rings is 2. The fourth-order valence-corrected chi connectivity index (χ4v) is 5.35. The average molecular weight is 517 g/mol. The van der Waals surface area contributed by atoms with Crippen molar-refractivity contribution in [3.05, 3.63) is 87.1 Å². The molecule has 0 saturated carbocycles. The van der Waals surface area contributed by atoms with E-state index in [2.05, 4.69) is 0 Å². The number of thiophene rings is 1. The number of fused-ring (bicyclic) bond motifs is 1. The van der Waals surface area contributed by atoms with Crippen LogP contribution in [-0.2, 0) is 17.4 Å². The molecule has 1 unspecified atom stereocenters. The normalized spacial score (nSPS) is 15.5. The van der Waals surface area contributed by atoms with Crippen LogP contribution in [0.25, 0.3) is 0 Å². The number of ether oxygens (including phenoxy) is 1. The van der Waals surface area contributed by atoms with Crippen molar-refractivity contribution in [1.82, 2.24) is 9.80 Å². The second-order valence-corrected chi connectivity index (χ2v) is 9.92. The molecule has 2 aromatic carbocycles. The monoisotopic (exact) mass is 516 g/mol. The lowest BCUT2D eigenvalue weighted by Crippen LogP contribution is -2.48. The lowest BCUT2D eigenvalue weighted by Gasteiger charge is -2.38. The predicted octanol–water partition coefficient (Wildman–Crippen LogP) is 5.80. The van der Waals surface area contributed by atoms with E-state index in [0.717, 1.165) is 23.3 Å². The SMILES string of the molecule is COc1ccc(C2c3ccsc3CCN2C(=O)CN(C(=O)c2cccc(C(F)(F)F)c2)C(C)C)cc1. The van der Waals surface area contributed by atoms with Crippen molar-refractivity contribution in [3.8, 4) is 5.75 Å². The summed E-state index contributed by atoms with van der Waals surface area (Å²) in [5.74, 6) is -0.170. The smallest absolute Gasteiger partial charge is 0.416 e. The quantitative estimate of drug-likeness (QED) is 0.416. The lowest BCUT2D eigenvalue weighted by atomic mass is 9.93. The summed E-state index contributed by atoms with van der Waals surface area (Å²) in [6, 6.07) is 13.1. The van der Waals surface area contributed by atoms with Crippen molar-refractivity contribution in [2.75, 3.05) is 20.2 Å². The van der Waals surface area contributed by atoms with Crippen LogP contribution in [-0.4, -0.2) is 47.9 Å². The summed E-state index contributed by atoms with van der Waals surface area (Å²) in [7, 11) is 1.59. The Labute approximate surface area is 212 Å². The van der Waals surface area contributed by atoms with E-state index in [0.29, 0.717) is 18.7 Å². The van der Waals surface area contributed by atoms with Crippen LogP contribution in [0.15, 0.2) is 60.0 Å². The first kappa shape index (κ1) is 25.8. The van der Waals surface area contributed by atoms with E-state index < -0.39 is 23.7 Å². The molecule has 0 bridgehead atoms. The van der Waals surface area contributed by atoms with Crippen molar-refractivity contribution >= 4 is 23.2 Å². The van der Waals surface area contributed by atoms with E-state index in [1.165, 1.54) is 21.9 Å². The summed E-state index contributed by atoms with van der Waals surface area (Å²) in [5.41, 5.74) is 0.967. The zero-order chi connectivity index (χ0) is 26.0. The highest BCUT2D eigenvalue weighted by Crippen LogP contribution is 2.38. The van der Waals surface area contributed by atoms with Crippen molar-refractivity contribution in [2.45, 2.75) is 38.5 Å². The molecule has 1 aliphatic heterocycles. The Hall–Kier alpha value is -3.33. The maximum absolute atomic E-state index is 13.6. The highest BCUT2D eigenvalue weighted by molar-refractivity contribution is 7.10. The van der Waals surface area contributed by atoms with Crippen LogP contribution < -0.4 is 4.74 Å². The van der Waals surface area contributed by atoms with Crippen molar-refractivity contribution < 1.29 is 27.5 Å². The molecular formula is C27H27F3N2O3S. The number of halogens is 3. The number of nitrogens with zero attached hydrogens (tertiary/aromatic N) is 2. The largest absolute Gasteiger partial charge is 0.497 e. The van der Waals surface area contributed by atoms with Gasteiger partial charge in [0.05, 0.1) is 18.7 Å². The van der Waals surface area contributed by atoms with E-state index in [-0.39, 0.29) is 24.1 Å². The minimum Gasteiger partial charge on any atom is -0.497 e. The topological polar surface area (TPSA) is 49.9 Å². The van der Waals surface area contributed by atoms with Crippen molar-refractivity contribution in [3.63, 3.8) is 0 Å². The van der Waals surface area contributed by atoms with E-state index in [9.17, 15) is 22.8 Å². The van der Waals surface area contributed by atoms with Gasteiger partial charge in [0.2, 0.25) is 5.91 Å². The van der Waals surface area contributed by atoms with Crippen LogP contribution in [0.3, 0.4) is 0 Å². The van der Waals surface area contributed by atoms with Gasteiger partial charge in [-0.2, -0.15) is 13.2 Å². The molecule has 0 radical (unpaired) electrons. The molecule has 2 amide bonds. The number of alkyl halides is 3. The maximum atomic E-state index is 13.6. The van der Waals surface area contributed by atoms with Crippen LogP contribution >= 0.6 is 11.3 Å². The van der Waals surface area contributed by atoms with Crippen LogP contribution in [0.5, 0.6) is 5.75 Å². The molecule has 4 rings (SSSR count). The summed E-state index contributed by atoms with van der Waals surface area (Å²) in [6.07, 6.45) is -3.86. The number of amides is 2. The molecule has 0 saturated heterocycles. The van der Waals surface area contributed by atoms with E-state index in [1.54, 1.807) is 37.2 Å². The Bertz CT molecular complexity index is 1240. The van der Waals surface area contributed by atoms with Gasteiger partial charge >= 0.3 is 6.18 Å². The van der Waals surface area contributed by atoms with Gasteiger partial charge in [0.25, 0.3) is 5.91 Å². The molecule has 1 aromatic heterocycles. The third-order valence-electron chi connectivity index (χ3n) is 6.34. The first-order valence-corrected chi connectivity index (χ1v) is 12.5. The van der Waals surface area contributed by atoms with E-state index in [1.807, 2.05) is 35.7 Å². The van der Waals surface area contributed by atoms with Crippen LogP contribution in [0.2, 0.25) is 0 Å². The predicted molar refractivity (Wildman–Crippen MR) is 132 cm³/mol. The van der Waals surface area contributed by atoms with E-state index >= 15 is 0 Å². The molecular weight excluding hydrogens is 489 g/mol. The molecule has 190 valence electrons. The number of carbonyl (C=O) groups excluding carboxylic acids is 2. The van der Waals surface area contributed by atoms with Gasteiger partial charge in [0.15, 0.2) is 0 Å². The van der Waals surface area contributed by atoms with Gasteiger partial charge in [-0.05, 0) is 73.2 Å². The fourth-order valence-electron chi connectivity index (χ4n) is 4.45. The number of carbonyl (C=O) groups is 2. The second kappa shape index (κ2) is 10.3. The Morgan fingerprint density at radius 3 is 2.50 bits per heavy atom. The van der Waals surface area contributed by atoms with Crippen LogP contribution in [0, 0.1) is 0 Å². The average Bonchev–Trinajstić information content (AvgIpc) is 3.34. The summed E-state index contributed by atoms with van der Waals surface area (Å²) >= 11 is 1.65. The van der Waals surface area contributed by atoms with Gasteiger partial charge in [0.1, 0.15) is 12.3 Å². The summed E-state index contributed by atoms with van der Waals surface area (Å²) in [5, 5.41) is 2.01. The summed E-state index contributed by atoms with van der Waals surface area (Å²) in [4.78, 5) is 31.2. The third-order valence-corrected chi connectivity index (χ3v) is 7.34. The minimum atomic E-state index is -4.56. The molecule has 2 heterocycles. The van der Waals surface area contributed by atoms with Gasteiger partial charge in [-0.15, -0.1) is 11.3 Å². The standard InChI is InChI=1S/C27H27F3N2O3S/c1-17(2)32(26(34)19-5-4-6-20(15-19)27(28,29)30)16-24(33)31-13-11-23-22(12-14-36-23)25(31)18-7-9-21(35-3)10-8-18/h4-10,12,14-15,17,25H,11,13,16H2,1-3H3. The molecule has 0 aliphatic carbocycles. The Morgan fingerprint density at radius 1 is 1.14 bits per heavy atom. The van der Waals surface area contributed by atoms with Gasteiger partial charge in [-0.25, -0.2) is 0 Å². The summed E-state index contributed by atoms with van der Waals surface area (Å²) in [6.45, 7) is 3.73. The zero-order valence-electron chi connectivity index (χ0n) is 20.2. The second-order valence-electron chi connectivity index (χ2n) is 8.92. The molecule has 5 nitrogen and oxygen atoms in total. The third kappa shape index (κ3) is 5.26. The maximum Gasteiger partial charge on any atom is 0.416 e. The zero-order valence-corrected chi connectivity index (χ0v) is 21.0. The molecule has 3 aromatic rings. The van der Waals surface area contributed by atoms with Gasteiger partial charge in [-0.1, -0.05) is 18.2 Å². The van der Waals surface area contributed by atoms with E-state index in [4.69, 9.17) is 4.74 Å². The van der Waals surface area contributed by atoms with Gasteiger partial charge in [0, 0.05) is 23.0 Å². The molecule has 9 heteroatoms. The van der Waals surface area contributed by atoms with Crippen LogP contribution in [0.4, 0.5) is 13.2 Å². The summed E-state index contributed by atoms with van der Waals surface area (Å²) < 4.78 is 44.9. The van der Waals surface area contributed by atoms with Crippen molar-refractivity contribution in [2.24, 2.45) is 0 Å².